The number of ether oxygens (including phenoxy) is 1. The van der Waals surface area contributed by atoms with Crippen molar-refractivity contribution >= 4 is 28.7 Å². The first-order chi connectivity index (χ1) is 7.75. The van der Waals surface area contributed by atoms with Gasteiger partial charge in [-0.3, -0.25) is 0 Å². The highest BCUT2D eigenvalue weighted by Crippen LogP contribution is 2.02. The fraction of sp³-hybridized carbons (Fsp3) is 0.100. The predicted molar refractivity (Wildman–Crippen MR) is 64.8 cm³/mol. The smallest absolute Gasteiger partial charge is 0.436 e. The lowest BCUT2D eigenvalue weighted by Crippen LogP contribution is -2.14. The van der Waals surface area contributed by atoms with Gasteiger partial charge < -0.3 is 4.74 Å². The Balaban J connectivity index is 1.94. The van der Waals surface area contributed by atoms with E-state index in [1.165, 1.54) is 6.20 Å². The first-order valence-electron chi connectivity index (χ1n) is 4.54. The van der Waals surface area contributed by atoms with E-state index in [-0.39, 0.29) is 6.61 Å². The van der Waals surface area contributed by atoms with E-state index in [4.69, 9.17) is 4.74 Å². The Morgan fingerprint density at radius 1 is 1.38 bits per heavy atom. The van der Waals surface area contributed by atoms with Gasteiger partial charge >= 0.3 is 6.09 Å². The predicted octanol–water partition coefficient (Wildman–Crippen LogP) is 2.07. The highest BCUT2D eigenvalue weighted by Gasteiger charge is 2.08. The van der Waals surface area contributed by atoms with E-state index in [0.29, 0.717) is 3.70 Å². The van der Waals surface area contributed by atoms with Crippen molar-refractivity contribution < 1.29 is 9.53 Å². The van der Waals surface area contributed by atoms with Crippen LogP contribution in [0, 0.1) is 3.70 Å². The maximum Gasteiger partial charge on any atom is 0.436 e. The lowest BCUT2D eigenvalue weighted by atomic mass is 10.2. The van der Waals surface area contributed by atoms with E-state index in [2.05, 4.69) is 10.3 Å². The zero-order chi connectivity index (χ0) is 11.4. The van der Waals surface area contributed by atoms with E-state index in [9.17, 15) is 4.79 Å². The van der Waals surface area contributed by atoms with Crippen LogP contribution < -0.4 is 0 Å². The number of nitrogens with zero attached hydrogens (tertiary/aromatic N) is 3. The summed E-state index contributed by atoms with van der Waals surface area (Å²) in [5.74, 6) is 0. The number of halogens is 1. The van der Waals surface area contributed by atoms with Crippen LogP contribution in [0.15, 0.2) is 36.5 Å². The first-order valence-corrected chi connectivity index (χ1v) is 5.62. The molecular weight excluding hydrogens is 321 g/mol. The van der Waals surface area contributed by atoms with Gasteiger partial charge in [-0.25, -0.2) is 4.79 Å². The Kier molecular flexibility index (Phi) is 3.50. The van der Waals surface area contributed by atoms with Crippen LogP contribution in [0.2, 0.25) is 0 Å². The van der Waals surface area contributed by atoms with Crippen LogP contribution in [0.1, 0.15) is 5.56 Å². The normalized spacial score (nSPS) is 10.1. The molecule has 1 heterocycles. The third kappa shape index (κ3) is 2.78. The molecule has 0 saturated carbocycles. The molecule has 1 aromatic carbocycles. The number of hydrogen-bond acceptors (Lipinski definition) is 4. The summed E-state index contributed by atoms with van der Waals surface area (Å²) in [6.07, 6.45) is 0.979. The third-order valence-corrected chi connectivity index (χ3v) is 2.35. The van der Waals surface area contributed by atoms with Gasteiger partial charge in [0.1, 0.15) is 10.3 Å². The van der Waals surface area contributed by atoms with Gasteiger partial charge in [0.25, 0.3) is 0 Å². The van der Waals surface area contributed by atoms with Gasteiger partial charge in [-0.2, -0.15) is 4.68 Å². The summed E-state index contributed by atoms with van der Waals surface area (Å²) in [6, 6.07) is 9.46. The minimum Gasteiger partial charge on any atom is -0.443 e. The van der Waals surface area contributed by atoms with Crippen molar-refractivity contribution in [2.75, 3.05) is 0 Å². The van der Waals surface area contributed by atoms with E-state index in [1.54, 1.807) is 0 Å². The molecule has 2 aromatic rings. The van der Waals surface area contributed by atoms with E-state index >= 15 is 0 Å². The molecular formula is C10H8IN3O2. The second kappa shape index (κ2) is 5.06. The molecule has 0 aliphatic heterocycles. The Morgan fingerprint density at radius 2 is 2.12 bits per heavy atom. The zero-order valence-electron chi connectivity index (χ0n) is 8.21. The molecule has 0 aliphatic carbocycles. The highest BCUT2D eigenvalue weighted by molar-refractivity contribution is 14.1. The largest absolute Gasteiger partial charge is 0.443 e. The average Bonchev–Trinajstić information content (AvgIpc) is 2.74. The molecule has 0 saturated heterocycles. The number of benzene rings is 1. The van der Waals surface area contributed by atoms with E-state index < -0.39 is 6.09 Å². The third-order valence-electron chi connectivity index (χ3n) is 1.86. The zero-order valence-corrected chi connectivity index (χ0v) is 10.4. The van der Waals surface area contributed by atoms with Gasteiger partial charge in [0.15, 0.2) is 0 Å². The van der Waals surface area contributed by atoms with Gasteiger partial charge in [-0.05, 0) is 28.2 Å². The van der Waals surface area contributed by atoms with Crippen molar-refractivity contribution in [3.8, 4) is 0 Å². The summed E-state index contributed by atoms with van der Waals surface area (Å²) in [6.45, 7) is 0.232. The molecule has 1 aromatic heterocycles. The van der Waals surface area contributed by atoms with Crippen molar-refractivity contribution in [3.05, 3.63) is 45.8 Å². The fourth-order valence-corrected chi connectivity index (χ4v) is 1.48. The van der Waals surface area contributed by atoms with Crippen LogP contribution in [-0.4, -0.2) is 21.1 Å². The molecule has 0 atom stereocenters. The lowest BCUT2D eigenvalue weighted by Gasteiger charge is -2.02. The second-order valence-corrected chi connectivity index (χ2v) is 4.13. The number of rotatable bonds is 2. The van der Waals surface area contributed by atoms with Gasteiger partial charge in [-0.15, -0.1) is 5.10 Å². The average molecular weight is 329 g/mol. The Bertz CT molecular complexity index is 484. The summed E-state index contributed by atoms with van der Waals surface area (Å²) >= 11 is 1.97. The molecule has 0 fully saturated rings. The first kappa shape index (κ1) is 11.1. The summed E-state index contributed by atoms with van der Waals surface area (Å²) in [5, 5.41) is 7.30. The van der Waals surface area contributed by atoms with Gasteiger partial charge in [0.05, 0.1) is 6.20 Å². The monoisotopic (exact) mass is 329 g/mol. The topological polar surface area (TPSA) is 57.0 Å². The molecule has 0 spiro atoms. The van der Waals surface area contributed by atoms with Crippen molar-refractivity contribution in [2.24, 2.45) is 0 Å². The summed E-state index contributed by atoms with van der Waals surface area (Å²) in [4.78, 5) is 11.5. The van der Waals surface area contributed by atoms with Crippen LogP contribution >= 0.6 is 22.6 Å². The minimum atomic E-state index is -0.528. The minimum absolute atomic E-state index is 0.232. The molecule has 2 rings (SSSR count). The molecule has 0 N–H and O–H groups in total. The van der Waals surface area contributed by atoms with Crippen molar-refractivity contribution in [2.45, 2.75) is 6.61 Å². The molecule has 0 amide bonds. The maximum atomic E-state index is 11.5. The molecule has 82 valence electrons. The van der Waals surface area contributed by atoms with Gasteiger partial charge in [0.2, 0.25) is 0 Å². The van der Waals surface area contributed by atoms with E-state index in [1.807, 2.05) is 52.9 Å². The second-order valence-electron chi connectivity index (χ2n) is 3.03. The molecule has 0 bridgehead atoms. The van der Waals surface area contributed by atoms with Crippen LogP contribution in [0.3, 0.4) is 0 Å². The Labute approximate surface area is 106 Å². The van der Waals surface area contributed by atoms with Crippen LogP contribution in [-0.2, 0) is 11.3 Å². The van der Waals surface area contributed by atoms with E-state index in [0.717, 1.165) is 10.2 Å². The standard InChI is InChI=1S/C10H8IN3O2/c11-9-6-14(13-12-9)10(15)16-7-8-4-2-1-3-5-8/h1-6H,7H2. The molecule has 6 heteroatoms. The summed E-state index contributed by atoms with van der Waals surface area (Å²) in [5.41, 5.74) is 0.936. The Hall–Kier alpha value is -1.44. The number of carbonyl (C=O) groups is 1. The van der Waals surface area contributed by atoms with Crippen LogP contribution in [0.4, 0.5) is 4.79 Å². The molecule has 0 radical (unpaired) electrons. The van der Waals surface area contributed by atoms with Crippen molar-refractivity contribution in [1.29, 1.82) is 0 Å². The van der Waals surface area contributed by atoms with Crippen LogP contribution in [0.25, 0.3) is 0 Å². The number of carbonyl (C=O) groups excluding carboxylic acids is 1. The number of hydrogen-bond donors (Lipinski definition) is 0. The molecule has 0 unspecified atom stereocenters. The van der Waals surface area contributed by atoms with Gasteiger partial charge in [0, 0.05) is 0 Å². The molecule has 16 heavy (non-hydrogen) atoms. The van der Waals surface area contributed by atoms with Gasteiger partial charge in [-0.1, -0.05) is 35.5 Å². The van der Waals surface area contributed by atoms with Crippen molar-refractivity contribution in [1.82, 2.24) is 15.0 Å². The quantitative estimate of drug-likeness (QED) is 0.792. The molecule has 5 nitrogen and oxygen atoms in total. The van der Waals surface area contributed by atoms with Crippen LogP contribution in [0.5, 0.6) is 0 Å². The summed E-state index contributed by atoms with van der Waals surface area (Å²) in [7, 11) is 0. The maximum absolute atomic E-state index is 11.5. The summed E-state index contributed by atoms with van der Waals surface area (Å²) < 4.78 is 6.77. The SMILES string of the molecule is O=C(OCc1ccccc1)n1cc(I)nn1. The molecule has 0 aliphatic rings. The fourth-order valence-electron chi connectivity index (χ4n) is 1.12. The highest BCUT2D eigenvalue weighted by atomic mass is 127. The number of aromatic nitrogens is 3. The lowest BCUT2D eigenvalue weighted by molar-refractivity contribution is 0.137. The van der Waals surface area contributed by atoms with Crippen molar-refractivity contribution in [3.63, 3.8) is 0 Å². The Morgan fingerprint density at radius 3 is 2.75 bits per heavy atom.